The van der Waals surface area contributed by atoms with Crippen molar-refractivity contribution < 1.29 is 4.79 Å². The summed E-state index contributed by atoms with van der Waals surface area (Å²) in [4.78, 5) is 10.5. The second-order valence-electron chi connectivity index (χ2n) is 1.47. The van der Waals surface area contributed by atoms with E-state index >= 15 is 0 Å². The maximum Gasteiger partial charge on any atom is 0.287 e. The van der Waals surface area contributed by atoms with Gasteiger partial charge in [-0.05, 0) is 19.4 Å². The molecular weight excluding hydrogens is 216 g/mol. The molecule has 8 heavy (non-hydrogen) atoms. The molecule has 0 fully saturated rings. The number of carbonyl (C=O) groups is 1. The molecule has 0 spiro atoms. The van der Waals surface area contributed by atoms with Gasteiger partial charge in [-0.2, -0.15) is 0 Å². The fraction of sp³-hybridized carbons (Fsp3) is 0.750. The predicted octanol–water partition coefficient (Wildman–Crippen LogP) is 0.306. The van der Waals surface area contributed by atoms with Crippen LogP contribution in [-0.4, -0.2) is 17.4 Å². The van der Waals surface area contributed by atoms with E-state index in [4.69, 9.17) is 5.73 Å². The van der Waals surface area contributed by atoms with Gasteiger partial charge >= 0.3 is 0 Å². The summed E-state index contributed by atoms with van der Waals surface area (Å²) in [5, 5.41) is 1.55. The van der Waals surface area contributed by atoms with Crippen molar-refractivity contribution in [3.63, 3.8) is 0 Å². The zero-order valence-electron chi connectivity index (χ0n) is 4.56. The Bertz CT molecular complexity index is 78.4. The van der Waals surface area contributed by atoms with Crippen molar-refractivity contribution in [1.82, 2.24) is 0 Å². The molecule has 0 atom stereocenters. The molecule has 0 aromatic carbocycles. The van der Waals surface area contributed by atoms with Gasteiger partial charge in [0.05, 0.1) is 5.68 Å². The highest BCUT2D eigenvalue weighted by molar-refractivity contribution is 14.1. The Hall–Kier alpha value is 0.425. The molecule has 45 valence electrons. The summed E-state index contributed by atoms with van der Waals surface area (Å²) in [6, 6.07) is 0. The molecule has 0 bridgehead atoms. The van der Waals surface area contributed by atoms with Crippen LogP contribution in [-0.2, 0) is 4.79 Å². The van der Waals surface area contributed by atoms with Crippen LogP contribution in [0.5, 0.6) is 0 Å². The molecule has 0 aliphatic carbocycles. The van der Waals surface area contributed by atoms with Crippen molar-refractivity contribution in [3.8, 4) is 0 Å². The summed E-state index contributed by atoms with van der Waals surface area (Å²) >= 11 is 1.94. The van der Waals surface area contributed by atoms with Gasteiger partial charge < -0.3 is 10.5 Å². The van der Waals surface area contributed by atoms with E-state index in [2.05, 4.69) is 0 Å². The molecule has 0 heterocycles. The van der Waals surface area contributed by atoms with Crippen LogP contribution in [0.2, 0.25) is 0 Å². The highest BCUT2D eigenvalue weighted by Crippen LogP contribution is 1.89. The molecule has 0 aromatic heterocycles. The molecule has 0 rings (SSSR count). The van der Waals surface area contributed by atoms with Crippen molar-refractivity contribution in [2.75, 3.05) is 6.54 Å². The molecule has 0 aromatic rings. The van der Waals surface area contributed by atoms with Crippen LogP contribution in [0.15, 0.2) is 0 Å². The number of carbonyl (C=O) groups excluding carboxylic acids is 1. The third-order valence-electron chi connectivity index (χ3n) is 0.749. The summed E-state index contributed by atoms with van der Waals surface area (Å²) < 4.78 is 0. The Labute approximate surface area is 63.3 Å². The van der Waals surface area contributed by atoms with Crippen LogP contribution in [0.4, 0.5) is 0 Å². The average Bonchev–Trinajstić information content (AvgIpc) is 1.83. The molecule has 0 saturated heterocycles. The minimum Gasteiger partial charge on any atom is -0.330 e. The normalized spacial score (nSPS) is 8.75. The van der Waals surface area contributed by atoms with E-state index in [1.807, 2.05) is 22.4 Å². The molecule has 4 heteroatoms. The second-order valence-corrected chi connectivity index (χ2v) is 2.09. The van der Waals surface area contributed by atoms with E-state index < -0.39 is 0 Å². The van der Waals surface area contributed by atoms with Gasteiger partial charge in [-0.3, -0.25) is 0 Å². The number of hydrogen-bond acceptors (Lipinski definition) is 2. The number of rotatable bonds is 4. The first-order chi connectivity index (χ1) is 3.81. The quantitative estimate of drug-likeness (QED) is 0.551. The molecule has 0 unspecified atom stereocenters. The minimum absolute atomic E-state index is 0.177. The average molecular weight is 224 g/mol. The van der Waals surface area contributed by atoms with Crippen molar-refractivity contribution in [3.05, 3.63) is 0 Å². The third kappa shape index (κ3) is 4.58. The Morgan fingerprint density at radius 3 is 2.75 bits per heavy atom. The Kier molecular flexibility index (Phi) is 5.85. The lowest BCUT2D eigenvalue weighted by Crippen LogP contribution is -2.06. The second kappa shape index (κ2) is 5.56. The Morgan fingerprint density at radius 2 is 2.38 bits per heavy atom. The fourth-order valence-electron chi connectivity index (χ4n) is 0.331. The lowest BCUT2D eigenvalue weighted by Gasteiger charge is -1.89. The van der Waals surface area contributed by atoms with Crippen molar-refractivity contribution in [2.45, 2.75) is 12.8 Å². The summed E-state index contributed by atoms with van der Waals surface area (Å²) in [5.74, 6) is 0. The van der Waals surface area contributed by atoms with Gasteiger partial charge in [-0.1, -0.05) is 0 Å². The van der Waals surface area contributed by atoms with E-state index in [-0.39, 0.29) is 5.68 Å². The van der Waals surface area contributed by atoms with Crippen LogP contribution in [0.3, 0.4) is 0 Å². The van der Waals surface area contributed by atoms with Crippen LogP contribution >= 0.6 is 22.4 Å². The SMILES string of the molecule is NCCCC(=O)[B]I. The zero-order chi connectivity index (χ0) is 6.41. The van der Waals surface area contributed by atoms with Crippen LogP contribution in [0.25, 0.3) is 0 Å². The molecule has 1 radical (unpaired) electrons. The topological polar surface area (TPSA) is 43.1 Å². The molecule has 0 aliphatic heterocycles. The summed E-state index contributed by atoms with van der Waals surface area (Å²) in [7, 11) is 0. The van der Waals surface area contributed by atoms with E-state index in [9.17, 15) is 4.79 Å². The van der Waals surface area contributed by atoms with Gasteiger partial charge in [-0.15, -0.1) is 22.4 Å². The van der Waals surface area contributed by atoms with Gasteiger partial charge in [-0.25, -0.2) is 0 Å². The fourth-order valence-corrected chi connectivity index (χ4v) is 0.642. The molecule has 0 aliphatic rings. The van der Waals surface area contributed by atoms with Gasteiger partial charge in [0, 0.05) is 0 Å². The first-order valence-electron chi connectivity index (χ1n) is 2.47. The summed E-state index contributed by atoms with van der Waals surface area (Å²) in [6.45, 7) is 0.607. The van der Waals surface area contributed by atoms with Crippen LogP contribution in [0, 0.1) is 0 Å². The summed E-state index contributed by atoms with van der Waals surface area (Å²) in [5.41, 5.74) is 5.34. The molecule has 0 amide bonds. The first kappa shape index (κ1) is 8.42. The molecular formula is C4H8BINO. The largest absolute Gasteiger partial charge is 0.330 e. The van der Waals surface area contributed by atoms with Gasteiger partial charge in [0.15, 0.2) is 0 Å². The van der Waals surface area contributed by atoms with E-state index in [0.717, 1.165) is 6.42 Å². The third-order valence-corrected chi connectivity index (χ3v) is 1.44. The number of hydrogen-bond donors (Lipinski definition) is 1. The van der Waals surface area contributed by atoms with Gasteiger partial charge in [0.2, 0.25) is 0 Å². The highest BCUT2D eigenvalue weighted by atomic mass is 127. The van der Waals surface area contributed by atoms with Crippen molar-refractivity contribution in [1.29, 1.82) is 0 Å². The lowest BCUT2D eigenvalue weighted by atomic mass is 9.98. The van der Waals surface area contributed by atoms with Crippen LogP contribution < -0.4 is 5.73 Å². The zero-order valence-corrected chi connectivity index (χ0v) is 6.72. The lowest BCUT2D eigenvalue weighted by molar-refractivity contribution is -0.111. The maximum absolute atomic E-state index is 10.5. The van der Waals surface area contributed by atoms with Crippen molar-refractivity contribution in [2.24, 2.45) is 5.73 Å². The maximum atomic E-state index is 10.5. The number of halogens is 1. The Morgan fingerprint density at radius 1 is 1.75 bits per heavy atom. The van der Waals surface area contributed by atoms with E-state index in [0.29, 0.717) is 13.0 Å². The van der Waals surface area contributed by atoms with Crippen LogP contribution in [0.1, 0.15) is 12.8 Å². The highest BCUT2D eigenvalue weighted by Gasteiger charge is 1.97. The Balaban J connectivity index is 2.99. The monoisotopic (exact) mass is 224 g/mol. The first-order valence-corrected chi connectivity index (χ1v) is 3.72. The summed E-state index contributed by atoms with van der Waals surface area (Å²) in [6.07, 6.45) is 1.40. The standard InChI is InChI=1S/C4H8BINO/c6-5-4(8)2-1-3-7/h1-3,7H2. The minimum atomic E-state index is 0.177. The van der Waals surface area contributed by atoms with E-state index in [1.54, 1.807) is 5.14 Å². The molecule has 0 saturated carbocycles. The number of nitrogens with two attached hydrogens (primary N) is 1. The van der Waals surface area contributed by atoms with E-state index in [1.165, 1.54) is 0 Å². The molecule has 2 nitrogen and oxygen atoms in total. The molecule has 2 N–H and O–H groups in total. The van der Waals surface area contributed by atoms with Crippen molar-refractivity contribution >= 4 is 33.2 Å². The van der Waals surface area contributed by atoms with Gasteiger partial charge in [0.1, 0.15) is 0 Å². The van der Waals surface area contributed by atoms with Gasteiger partial charge in [0.25, 0.3) is 5.14 Å². The predicted molar refractivity (Wildman–Crippen MR) is 43.1 cm³/mol. The smallest absolute Gasteiger partial charge is 0.287 e.